The normalized spacial score (nSPS) is 12.7. The zero-order valence-electron chi connectivity index (χ0n) is 10.1. The molecule has 0 radical (unpaired) electrons. The van der Waals surface area contributed by atoms with Gasteiger partial charge in [0.1, 0.15) is 4.34 Å². The highest BCUT2D eigenvalue weighted by molar-refractivity contribution is 9.10. The summed E-state index contributed by atoms with van der Waals surface area (Å²) in [4.78, 5) is 1.10. The lowest BCUT2D eigenvalue weighted by molar-refractivity contribution is 0.936. The number of halogens is 3. The topological polar surface area (TPSA) is 0 Å². The van der Waals surface area contributed by atoms with Gasteiger partial charge in [0.15, 0.2) is 0 Å². The third kappa shape index (κ3) is 3.30. The molecule has 4 heteroatoms. The van der Waals surface area contributed by atoms with Crippen LogP contribution >= 0.6 is 50.5 Å². The molecule has 2 rings (SSSR count). The minimum atomic E-state index is -0.0269. The van der Waals surface area contributed by atoms with Gasteiger partial charge in [0.05, 0.1) is 5.38 Å². The van der Waals surface area contributed by atoms with Crippen molar-refractivity contribution >= 4 is 50.5 Å². The summed E-state index contributed by atoms with van der Waals surface area (Å²) in [6, 6.07) is 8.49. The van der Waals surface area contributed by atoms with Crippen molar-refractivity contribution in [2.75, 3.05) is 0 Å². The summed E-state index contributed by atoms with van der Waals surface area (Å²) in [6.45, 7) is 4.24. The molecular weight excluding hydrogens is 351 g/mol. The van der Waals surface area contributed by atoms with Crippen molar-refractivity contribution in [2.45, 2.75) is 25.6 Å². The number of hydrogen-bond donors (Lipinski definition) is 0. The fourth-order valence-electron chi connectivity index (χ4n) is 1.76. The van der Waals surface area contributed by atoms with Crippen molar-refractivity contribution in [3.8, 4) is 0 Å². The van der Waals surface area contributed by atoms with Crippen LogP contribution in [0.5, 0.6) is 0 Å². The van der Waals surface area contributed by atoms with E-state index in [9.17, 15) is 0 Å². The summed E-state index contributed by atoms with van der Waals surface area (Å²) in [7, 11) is 0. The average molecular weight is 364 g/mol. The fraction of sp³-hybridized carbons (Fsp3) is 0.286. The van der Waals surface area contributed by atoms with Gasteiger partial charge < -0.3 is 0 Å². The second-order valence-corrected chi connectivity index (χ2v) is 7.43. The number of thiophene rings is 1. The Morgan fingerprint density at radius 3 is 2.50 bits per heavy atom. The summed E-state index contributed by atoms with van der Waals surface area (Å²) in [5.74, 6) is 0. The van der Waals surface area contributed by atoms with E-state index in [-0.39, 0.29) is 5.38 Å². The van der Waals surface area contributed by atoms with Crippen LogP contribution in [0.1, 0.15) is 26.9 Å². The molecule has 2 aromatic rings. The van der Waals surface area contributed by atoms with Crippen LogP contribution in [0.3, 0.4) is 0 Å². The second kappa shape index (κ2) is 5.96. The molecule has 0 bridgehead atoms. The van der Waals surface area contributed by atoms with Gasteiger partial charge in [0.2, 0.25) is 0 Å². The van der Waals surface area contributed by atoms with E-state index < -0.39 is 0 Å². The van der Waals surface area contributed by atoms with Crippen LogP contribution in [-0.2, 0) is 6.42 Å². The molecule has 1 aromatic carbocycles. The third-order valence-corrected chi connectivity index (χ3v) is 6.07. The van der Waals surface area contributed by atoms with Gasteiger partial charge in [0.25, 0.3) is 0 Å². The Morgan fingerprint density at radius 2 is 1.94 bits per heavy atom. The lowest BCUT2D eigenvalue weighted by Gasteiger charge is -2.09. The predicted octanol–water partition coefficient (Wildman–Crippen LogP) is 6.30. The number of aryl methyl sites for hydroxylation is 2. The van der Waals surface area contributed by atoms with Crippen LogP contribution in [0.15, 0.2) is 28.7 Å². The number of alkyl halides is 1. The Balaban J connectivity index is 2.15. The zero-order valence-corrected chi connectivity index (χ0v) is 14.1. The van der Waals surface area contributed by atoms with E-state index in [0.717, 1.165) is 20.1 Å². The van der Waals surface area contributed by atoms with Crippen molar-refractivity contribution in [1.29, 1.82) is 0 Å². The molecule has 1 atom stereocenters. The average Bonchev–Trinajstić information content (AvgIpc) is 2.65. The van der Waals surface area contributed by atoms with Gasteiger partial charge in [-0.1, -0.05) is 29.8 Å². The van der Waals surface area contributed by atoms with Crippen LogP contribution < -0.4 is 0 Å². The Labute approximate surface area is 130 Å². The summed E-state index contributed by atoms with van der Waals surface area (Å²) in [5.41, 5.74) is 3.88. The van der Waals surface area contributed by atoms with Crippen molar-refractivity contribution in [3.63, 3.8) is 0 Å². The molecule has 96 valence electrons. The molecule has 0 N–H and O–H groups in total. The largest absolute Gasteiger partial charge is 0.126 e. The first-order valence-electron chi connectivity index (χ1n) is 5.62. The summed E-state index contributed by atoms with van der Waals surface area (Å²) >= 11 is 17.4. The minimum absolute atomic E-state index is 0.0269. The highest BCUT2D eigenvalue weighted by Gasteiger charge is 2.14. The molecular formula is C14H13BrCl2S. The molecule has 0 aliphatic carbocycles. The van der Waals surface area contributed by atoms with Gasteiger partial charge in [-0.25, -0.2) is 0 Å². The van der Waals surface area contributed by atoms with Gasteiger partial charge in [-0.2, -0.15) is 0 Å². The van der Waals surface area contributed by atoms with E-state index in [1.165, 1.54) is 28.0 Å². The van der Waals surface area contributed by atoms with E-state index in [2.05, 4.69) is 48.0 Å². The van der Waals surface area contributed by atoms with E-state index in [1.54, 1.807) is 0 Å². The van der Waals surface area contributed by atoms with E-state index in [0.29, 0.717) is 0 Å². The standard InChI is InChI=1S/C14H13BrCl2S/c1-8-3-4-10(5-9(8)2)6-12(16)13-7-11(15)14(17)18-13/h3-5,7,12H,6H2,1-2H3. The maximum Gasteiger partial charge on any atom is 0.107 e. The van der Waals surface area contributed by atoms with Gasteiger partial charge in [-0.05, 0) is 59.0 Å². The first-order valence-corrected chi connectivity index (χ1v) is 8.04. The SMILES string of the molecule is Cc1ccc(CC(Cl)c2cc(Br)c(Cl)s2)cc1C. The van der Waals surface area contributed by atoms with Gasteiger partial charge in [-0.15, -0.1) is 22.9 Å². The molecule has 0 saturated heterocycles. The number of rotatable bonds is 3. The minimum Gasteiger partial charge on any atom is -0.126 e. The molecule has 0 nitrogen and oxygen atoms in total. The first kappa shape index (κ1) is 14.4. The van der Waals surface area contributed by atoms with Crippen molar-refractivity contribution < 1.29 is 0 Å². The summed E-state index contributed by atoms with van der Waals surface area (Å²) in [5, 5.41) is -0.0269. The van der Waals surface area contributed by atoms with Crippen LogP contribution in [0.25, 0.3) is 0 Å². The molecule has 0 aliphatic rings. The molecule has 0 fully saturated rings. The summed E-state index contributed by atoms with van der Waals surface area (Å²) < 4.78 is 1.69. The first-order chi connectivity index (χ1) is 8.47. The van der Waals surface area contributed by atoms with Crippen molar-refractivity contribution in [2.24, 2.45) is 0 Å². The van der Waals surface area contributed by atoms with Gasteiger partial charge >= 0.3 is 0 Å². The number of hydrogen-bond acceptors (Lipinski definition) is 1. The van der Waals surface area contributed by atoms with E-state index in [1.807, 2.05) is 6.07 Å². The molecule has 1 aromatic heterocycles. The third-order valence-electron chi connectivity index (χ3n) is 2.96. The lowest BCUT2D eigenvalue weighted by atomic mass is 10.0. The molecule has 1 heterocycles. The predicted molar refractivity (Wildman–Crippen MR) is 85.2 cm³/mol. The molecule has 0 spiro atoms. The van der Waals surface area contributed by atoms with Gasteiger partial charge in [0, 0.05) is 9.35 Å². The van der Waals surface area contributed by atoms with E-state index >= 15 is 0 Å². The quantitative estimate of drug-likeness (QED) is 0.561. The Bertz CT molecular complexity index is 543. The molecule has 0 aliphatic heterocycles. The molecule has 1 unspecified atom stereocenters. The van der Waals surface area contributed by atoms with Crippen LogP contribution in [-0.4, -0.2) is 0 Å². The second-order valence-electron chi connectivity index (χ2n) is 4.36. The Kier molecular flexibility index (Phi) is 4.76. The highest BCUT2D eigenvalue weighted by Crippen LogP contribution is 2.38. The van der Waals surface area contributed by atoms with Crippen molar-refractivity contribution in [3.05, 3.63) is 54.6 Å². The zero-order chi connectivity index (χ0) is 13.3. The maximum absolute atomic E-state index is 6.45. The van der Waals surface area contributed by atoms with Crippen molar-refractivity contribution in [1.82, 2.24) is 0 Å². The van der Waals surface area contributed by atoms with Crippen LogP contribution in [0.4, 0.5) is 0 Å². The number of benzene rings is 1. The van der Waals surface area contributed by atoms with E-state index in [4.69, 9.17) is 23.2 Å². The molecule has 18 heavy (non-hydrogen) atoms. The van der Waals surface area contributed by atoms with Crippen LogP contribution in [0.2, 0.25) is 4.34 Å². The smallest absolute Gasteiger partial charge is 0.107 e. The lowest BCUT2D eigenvalue weighted by Crippen LogP contribution is -1.94. The monoisotopic (exact) mass is 362 g/mol. The van der Waals surface area contributed by atoms with Gasteiger partial charge in [-0.3, -0.25) is 0 Å². The summed E-state index contributed by atoms with van der Waals surface area (Å²) in [6.07, 6.45) is 0.825. The van der Waals surface area contributed by atoms with Crippen LogP contribution in [0, 0.1) is 13.8 Å². The molecule has 0 saturated carbocycles. The Hall–Kier alpha value is -0.0200. The fourth-order valence-corrected chi connectivity index (χ4v) is 3.84. The Morgan fingerprint density at radius 1 is 1.22 bits per heavy atom. The maximum atomic E-state index is 6.45. The highest BCUT2D eigenvalue weighted by atomic mass is 79.9. The molecule has 0 amide bonds.